The molecule has 0 aliphatic carbocycles. The molecule has 4 heteroatoms. The first-order chi connectivity index (χ1) is 7.34. The van der Waals surface area contributed by atoms with Gasteiger partial charge in [0.05, 0.1) is 0 Å². The number of nitrogens with one attached hydrogen (secondary N) is 3. The summed E-state index contributed by atoms with van der Waals surface area (Å²) in [5.41, 5.74) is 0.883. The van der Waals surface area contributed by atoms with E-state index in [1.807, 2.05) is 0 Å². The fourth-order valence-electron chi connectivity index (χ4n) is 1.33. The molecule has 0 bridgehead atoms. The molecule has 0 amide bonds. The zero-order valence-electron chi connectivity index (χ0n) is 9.18. The van der Waals surface area contributed by atoms with Crippen LogP contribution in [0.25, 0.3) is 0 Å². The van der Waals surface area contributed by atoms with Crippen LogP contribution < -0.4 is 16.1 Å². The van der Waals surface area contributed by atoms with Gasteiger partial charge in [-0.15, -0.1) is 0 Å². The summed E-state index contributed by atoms with van der Waals surface area (Å²) in [5, 5.41) is 6.49. The Bertz CT molecular complexity index is 322. The van der Waals surface area contributed by atoms with Gasteiger partial charge in [0, 0.05) is 30.6 Å². The first-order valence-corrected chi connectivity index (χ1v) is 5.42. The van der Waals surface area contributed by atoms with Crippen molar-refractivity contribution in [3.63, 3.8) is 0 Å². The van der Waals surface area contributed by atoms with E-state index >= 15 is 0 Å². The van der Waals surface area contributed by atoms with Crippen LogP contribution in [0.2, 0.25) is 0 Å². The largest absolute Gasteiger partial charge is 0.367 e. The molecular weight excluding hydrogens is 190 g/mol. The Balaban J connectivity index is 2.15. The van der Waals surface area contributed by atoms with Crippen LogP contribution >= 0.6 is 0 Å². The summed E-state index contributed by atoms with van der Waals surface area (Å²) < 4.78 is 0. The number of aromatic amines is 1. The van der Waals surface area contributed by atoms with E-state index in [-0.39, 0.29) is 5.43 Å². The predicted molar refractivity (Wildman–Crippen MR) is 61.9 cm³/mol. The van der Waals surface area contributed by atoms with E-state index in [1.165, 1.54) is 0 Å². The van der Waals surface area contributed by atoms with Crippen molar-refractivity contribution in [1.82, 2.24) is 15.6 Å². The minimum Gasteiger partial charge on any atom is -0.367 e. The summed E-state index contributed by atoms with van der Waals surface area (Å²) in [6, 6.07) is 1.55. The highest BCUT2D eigenvalue weighted by atomic mass is 16.1. The molecule has 1 rings (SSSR count). The molecule has 0 atom stereocenters. The van der Waals surface area contributed by atoms with E-state index in [2.05, 4.69) is 22.5 Å². The lowest BCUT2D eigenvalue weighted by Gasteiger charge is -2.04. The van der Waals surface area contributed by atoms with Crippen LogP contribution in [0.3, 0.4) is 0 Å². The summed E-state index contributed by atoms with van der Waals surface area (Å²) in [5.74, 6) is 0. The Morgan fingerprint density at radius 1 is 1.33 bits per heavy atom. The van der Waals surface area contributed by atoms with Crippen molar-refractivity contribution < 1.29 is 0 Å². The van der Waals surface area contributed by atoms with E-state index in [1.54, 1.807) is 18.5 Å². The van der Waals surface area contributed by atoms with E-state index in [4.69, 9.17) is 0 Å². The summed E-state index contributed by atoms with van der Waals surface area (Å²) in [6.45, 7) is 5.70. The van der Waals surface area contributed by atoms with Gasteiger partial charge in [-0.1, -0.05) is 6.92 Å². The van der Waals surface area contributed by atoms with Crippen LogP contribution in [-0.2, 0) is 6.54 Å². The van der Waals surface area contributed by atoms with Crippen molar-refractivity contribution in [3.05, 3.63) is 34.2 Å². The summed E-state index contributed by atoms with van der Waals surface area (Å²) in [4.78, 5) is 14.2. The molecule has 84 valence electrons. The third kappa shape index (κ3) is 4.76. The van der Waals surface area contributed by atoms with Crippen LogP contribution in [0.5, 0.6) is 0 Å². The Hall–Kier alpha value is -1.13. The van der Waals surface area contributed by atoms with Gasteiger partial charge in [-0.05, 0) is 26.1 Å². The SMILES string of the molecule is CCNCCCNCc1c[nH]ccc1=O. The molecule has 0 fully saturated rings. The smallest absolute Gasteiger partial charge is 0.186 e. The molecular formula is C11H19N3O. The minimum absolute atomic E-state index is 0.0907. The Morgan fingerprint density at radius 3 is 2.87 bits per heavy atom. The van der Waals surface area contributed by atoms with Gasteiger partial charge in [-0.2, -0.15) is 0 Å². The van der Waals surface area contributed by atoms with Gasteiger partial charge in [0.15, 0.2) is 5.43 Å². The number of aromatic nitrogens is 1. The molecule has 0 aliphatic rings. The molecule has 0 aliphatic heterocycles. The Morgan fingerprint density at radius 2 is 2.13 bits per heavy atom. The van der Waals surface area contributed by atoms with Crippen molar-refractivity contribution in [1.29, 1.82) is 0 Å². The van der Waals surface area contributed by atoms with Gasteiger partial charge < -0.3 is 15.6 Å². The Labute approximate surface area is 90.1 Å². The third-order valence-electron chi connectivity index (χ3n) is 2.18. The topological polar surface area (TPSA) is 56.9 Å². The zero-order chi connectivity index (χ0) is 10.9. The van der Waals surface area contributed by atoms with Crippen LogP contribution in [0.4, 0.5) is 0 Å². The molecule has 0 saturated carbocycles. The monoisotopic (exact) mass is 209 g/mol. The number of hydrogen-bond donors (Lipinski definition) is 3. The fourth-order valence-corrected chi connectivity index (χ4v) is 1.33. The third-order valence-corrected chi connectivity index (χ3v) is 2.18. The highest BCUT2D eigenvalue weighted by Gasteiger charge is 1.96. The van der Waals surface area contributed by atoms with Crippen LogP contribution in [0, 0.1) is 0 Å². The summed E-state index contributed by atoms with van der Waals surface area (Å²) >= 11 is 0. The molecule has 4 nitrogen and oxygen atoms in total. The molecule has 0 unspecified atom stereocenters. The zero-order valence-corrected chi connectivity index (χ0v) is 9.18. The summed E-state index contributed by atoms with van der Waals surface area (Å²) in [6.07, 6.45) is 4.48. The van der Waals surface area contributed by atoms with Crippen molar-refractivity contribution in [2.45, 2.75) is 19.9 Å². The first-order valence-electron chi connectivity index (χ1n) is 5.42. The molecule has 3 N–H and O–H groups in total. The van der Waals surface area contributed by atoms with Crippen molar-refractivity contribution in [2.75, 3.05) is 19.6 Å². The maximum atomic E-state index is 11.3. The quantitative estimate of drug-likeness (QED) is 0.572. The number of hydrogen-bond acceptors (Lipinski definition) is 3. The van der Waals surface area contributed by atoms with E-state index in [0.717, 1.165) is 31.6 Å². The van der Waals surface area contributed by atoms with Gasteiger partial charge in [0.1, 0.15) is 0 Å². The average Bonchev–Trinajstić information content (AvgIpc) is 2.25. The standard InChI is InChI=1S/C11H19N3O/c1-2-12-5-3-6-13-8-10-9-14-7-4-11(10)15/h4,7,9,12-13H,2-3,5-6,8H2,1H3,(H,14,15). The lowest BCUT2D eigenvalue weighted by molar-refractivity contribution is 0.604. The molecule has 0 spiro atoms. The fraction of sp³-hybridized carbons (Fsp3) is 0.545. The van der Waals surface area contributed by atoms with E-state index in [0.29, 0.717) is 6.54 Å². The van der Waals surface area contributed by atoms with Gasteiger partial charge in [-0.3, -0.25) is 4.79 Å². The van der Waals surface area contributed by atoms with Crippen LogP contribution in [-0.4, -0.2) is 24.6 Å². The van der Waals surface area contributed by atoms with Crippen LogP contribution in [0.15, 0.2) is 23.3 Å². The molecule has 1 aromatic heterocycles. The molecule has 0 saturated heterocycles. The lowest BCUT2D eigenvalue weighted by Crippen LogP contribution is -2.23. The molecule has 1 aromatic rings. The second-order valence-electron chi connectivity index (χ2n) is 3.42. The maximum absolute atomic E-state index is 11.3. The number of pyridine rings is 1. The Kier molecular flexibility index (Phi) is 5.73. The molecule has 15 heavy (non-hydrogen) atoms. The second kappa shape index (κ2) is 7.20. The van der Waals surface area contributed by atoms with Gasteiger partial charge >= 0.3 is 0 Å². The number of H-pyrrole nitrogens is 1. The maximum Gasteiger partial charge on any atom is 0.186 e. The molecule has 1 heterocycles. The lowest BCUT2D eigenvalue weighted by atomic mass is 10.2. The predicted octanol–water partition coefficient (Wildman–Crippen LogP) is 0.464. The van der Waals surface area contributed by atoms with Crippen molar-refractivity contribution in [3.8, 4) is 0 Å². The first kappa shape index (κ1) is 11.9. The van der Waals surface area contributed by atoms with E-state index < -0.39 is 0 Å². The average molecular weight is 209 g/mol. The second-order valence-corrected chi connectivity index (χ2v) is 3.42. The molecule has 0 aromatic carbocycles. The summed E-state index contributed by atoms with van der Waals surface area (Å²) in [7, 11) is 0. The minimum atomic E-state index is 0.0907. The highest BCUT2D eigenvalue weighted by molar-refractivity contribution is 5.08. The van der Waals surface area contributed by atoms with Gasteiger partial charge in [0.2, 0.25) is 0 Å². The van der Waals surface area contributed by atoms with Crippen LogP contribution in [0.1, 0.15) is 18.9 Å². The van der Waals surface area contributed by atoms with Crippen molar-refractivity contribution >= 4 is 0 Å². The highest BCUT2D eigenvalue weighted by Crippen LogP contribution is 1.86. The molecule has 0 radical (unpaired) electrons. The number of rotatable bonds is 7. The van der Waals surface area contributed by atoms with Gasteiger partial charge in [0.25, 0.3) is 0 Å². The van der Waals surface area contributed by atoms with Gasteiger partial charge in [-0.25, -0.2) is 0 Å². The normalized spacial score (nSPS) is 10.5. The van der Waals surface area contributed by atoms with Crippen molar-refractivity contribution in [2.24, 2.45) is 0 Å². The van der Waals surface area contributed by atoms with E-state index in [9.17, 15) is 4.79 Å².